The van der Waals surface area contributed by atoms with Crippen molar-refractivity contribution in [3.8, 4) is 0 Å². The fraction of sp³-hybridized carbons (Fsp3) is 0.980. The van der Waals surface area contributed by atoms with E-state index < -0.39 is 0 Å². The molecule has 65 heavy (non-hydrogen) atoms. The highest BCUT2D eigenvalue weighted by molar-refractivity contribution is 5.66. The molecule has 4 rings (SSSR count). The van der Waals surface area contributed by atoms with Crippen molar-refractivity contribution in [2.75, 3.05) is 47.8 Å². The Hall–Kier alpha value is -1.05. The second-order valence-electron chi connectivity index (χ2n) is 22.8. The van der Waals surface area contributed by atoms with Gasteiger partial charge in [0.25, 0.3) is 0 Å². The average Bonchev–Trinajstić information content (AvgIpc) is 3.09. The van der Waals surface area contributed by atoms with Crippen LogP contribution in [-0.2, 0) is 33.2 Å². The number of nitrogens with zero attached hydrogens (tertiary/aromatic N) is 4. The van der Waals surface area contributed by atoms with Gasteiger partial charge in [-0.25, -0.2) is 0 Å². The van der Waals surface area contributed by atoms with E-state index in [1.54, 1.807) is 21.3 Å². The predicted octanol–water partition coefficient (Wildman–Crippen LogP) is 11.1. The average molecular weight is 943 g/mol. The summed E-state index contributed by atoms with van der Waals surface area (Å²) in [4.78, 5) is 10.9. The zero-order valence-electron chi connectivity index (χ0n) is 42.4. The Morgan fingerprint density at radius 2 is 0.662 bits per heavy atom. The quantitative estimate of drug-likeness (QED) is 0.114. The molecule has 0 unspecified atom stereocenters. The zero-order chi connectivity index (χ0) is 47.6. The smallest absolute Gasteiger partial charge is 0.302 e. The molecular formula is C50H110N4O11. The minimum atomic E-state index is -0.359. The van der Waals surface area contributed by atoms with Crippen LogP contribution in [0, 0.1) is 0 Å². The lowest BCUT2D eigenvalue weighted by atomic mass is 9.80. The van der Waals surface area contributed by atoms with Crippen LogP contribution in [0.1, 0.15) is 205 Å². The maximum atomic E-state index is 10.9. The highest BCUT2D eigenvalue weighted by Crippen LogP contribution is 2.41. The van der Waals surface area contributed by atoms with E-state index in [0.717, 1.165) is 58.2 Å². The van der Waals surface area contributed by atoms with Crippen molar-refractivity contribution in [1.82, 2.24) is 20.3 Å². The van der Waals surface area contributed by atoms with Crippen molar-refractivity contribution in [2.45, 2.75) is 274 Å². The van der Waals surface area contributed by atoms with Crippen LogP contribution in [0.2, 0.25) is 0 Å². The highest BCUT2D eigenvalue weighted by Gasteiger charge is 2.48. The molecule has 0 spiro atoms. The molecular weight excluding hydrogens is 833 g/mol. The molecule has 0 radical (unpaired) electrons. The summed E-state index contributed by atoms with van der Waals surface area (Å²) < 4.78 is 32.2. The Bertz CT molecular complexity index is 1240. The molecule has 0 saturated carbocycles. The van der Waals surface area contributed by atoms with Crippen LogP contribution in [0.4, 0.5) is 0 Å². The van der Waals surface area contributed by atoms with E-state index in [2.05, 4.69) is 27.7 Å². The van der Waals surface area contributed by atoms with Crippen LogP contribution in [0.25, 0.3) is 0 Å². The molecule has 4 fully saturated rings. The van der Waals surface area contributed by atoms with E-state index in [9.17, 15) is 25.6 Å². The summed E-state index contributed by atoms with van der Waals surface area (Å²) in [6.45, 7) is 36.5. The summed E-state index contributed by atoms with van der Waals surface area (Å²) >= 11 is 0. The number of hydrogen-bond acceptors (Lipinski definition) is 15. The standard InChI is InChI=1S/C13H27NO3.C12H25NO3.C11H21NO3.C10H21NO2.4CH4/c1-12(2)9-11(17-8-6-7-16-5)10-13(3,4)14(12)15;1-11(2)8-10(16-7-6-15-5)9-12(3,4)13(11)14;1-8(13)15-9-6-10(2,3)12(14)11(4,5)7-9;1-9(2)6-8(13-5)7-10(3,4)11(9)12;;;;/h11,15H,6-10H2,1-5H3;10,14H,6-9H2,1-5H3;9,14H,6-7H2,1-5H3;8,12H,6-7H2,1-5H3;4*1H4. The van der Waals surface area contributed by atoms with Crippen molar-refractivity contribution < 1.29 is 54.0 Å². The SMILES string of the molecule is C.C.C.C.CC(=O)OC1CC(C)(C)N(O)C(C)(C)C1.COC1CC(C)(C)N(O)C(C)(C)C1.COCCCOC1CC(C)(C)N(O)C(C)(C)C1.COCCOC1CC(C)(C)N(O)C(C)(C)C1. The van der Waals surface area contributed by atoms with Gasteiger partial charge in [-0.15, -0.1) is 0 Å². The topological polar surface area (TPSA) is 166 Å². The fourth-order valence-corrected chi connectivity index (χ4v) is 10.2. The van der Waals surface area contributed by atoms with Gasteiger partial charge in [0, 0.05) is 98.6 Å². The third-order valence-electron chi connectivity index (χ3n) is 12.6. The second kappa shape index (κ2) is 28.0. The lowest BCUT2D eigenvalue weighted by molar-refractivity contribution is -0.261. The molecule has 4 aliphatic rings. The summed E-state index contributed by atoms with van der Waals surface area (Å²) in [5.41, 5.74) is -2.03. The summed E-state index contributed by atoms with van der Waals surface area (Å²) in [6.07, 6.45) is 7.99. The number of esters is 1. The molecule has 0 aliphatic carbocycles. The lowest BCUT2D eigenvalue weighted by Crippen LogP contribution is -2.60. The maximum absolute atomic E-state index is 10.9. The molecule has 396 valence electrons. The molecule has 4 N–H and O–H groups in total. The number of piperidine rings is 4. The summed E-state index contributed by atoms with van der Waals surface area (Å²) in [5.74, 6) is -0.252. The van der Waals surface area contributed by atoms with Gasteiger partial charge < -0.3 is 49.3 Å². The Balaban J connectivity index is -0.000000375. The van der Waals surface area contributed by atoms with Crippen molar-refractivity contribution in [3.05, 3.63) is 0 Å². The Labute approximate surface area is 401 Å². The van der Waals surface area contributed by atoms with E-state index >= 15 is 0 Å². The first kappa shape index (κ1) is 70.5. The van der Waals surface area contributed by atoms with Gasteiger partial charge in [0.1, 0.15) is 6.10 Å². The van der Waals surface area contributed by atoms with Crippen LogP contribution in [0.5, 0.6) is 0 Å². The van der Waals surface area contributed by atoms with Gasteiger partial charge in [-0.3, -0.25) is 4.79 Å². The molecule has 4 heterocycles. The van der Waals surface area contributed by atoms with Crippen molar-refractivity contribution >= 4 is 5.97 Å². The van der Waals surface area contributed by atoms with Gasteiger partial charge in [0.15, 0.2) is 0 Å². The van der Waals surface area contributed by atoms with E-state index in [1.165, 1.54) is 27.2 Å². The van der Waals surface area contributed by atoms with Crippen LogP contribution in [-0.4, -0.2) is 164 Å². The minimum absolute atomic E-state index is 0. The minimum Gasteiger partial charge on any atom is -0.462 e. The second-order valence-corrected chi connectivity index (χ2v) is 22.8. The van der Waals surface area contributed by atoms with Gasteiger partial charge in [-0.2, -0.15) is 20.3 Å². The van der Waals surface area contributed by atoms with E-state index in [4.69, 9.17) is 28.4 Å². The molecule has 4 saturated heterocycles. The Morgan fingerprint density at radius 3 is 0.908 bits per heavy atom. The summed E-state index contributed by atoms with van der Waals surface area (Å²) in [7, 11) is 5.12. The summed E-state index contributed by atoms with van der Waals surface area (Å²) in [5, 5.41) is 46.0. The molecule has 0 aromatic carbocycles. The third kappa shape index (κ3) is 21.6. The third-order valence-corrected chi connectivity index (χ3v) is 12.6. The van der Waals surface area contributed by atoms with Crippen LogP contribution >= 0.6 is 0 Å². The fourth-order valence-electron chi connectivity index (χ4n) is 10.2. The van der Waals surface area contributed by atoms with E-state index in [0.29, 0.717) is 26.1 Å². The number of hydrogen-bond donors (Lipinski definition) is 4. The van der Waals surface area contributed by atoms with Gasteiger partial charge in [0.05, 0.1) is 31.5 Å². The first-order chi connectivity index (χ1) is 27.5. The van der Waals surface area contributed by atoms with Crippen molar-refractivity contribution in [1.29, 1.82) is 0 Å². The number of hydroxylamine groups is 8. The maximum Gasteiger partial charge on any atom is 0.302 e. The molecule has 0 amide bonds. The number of rotatable bonds is 11. The van der Waals surface area contributed by atoms with E-state index in [-0.39, 0.29) is 104 Å². The van der Waals surface area contributed by atoms with E-state index in [1.807, 2.05) is 83.1 Å². The van der Waals surface area contributed by atoms with Gasteiger partial charge in [-0.1, -0.05) is 29.7 Å². The molecule has 4 aliphatic heterocycles. The Morgan fingerprint density at radius 1 is 0.415 bits per heavy atom. The van der Waals surface area contributed by atoms with Crippen LogP contribution < -0.4 is 0 Å². The number of carbonyl (C=O) groups excluding carboxylic acids is 1. The zero-order valence-corrected chi connectivity index (χ0v) is 42.4. The molecule has 0 bridgehead atoms. The van der Waals surface area contributed by atoms with Crippen LogP contribution in [0.3, 0.4) is 0 Å². The molecule has 0 atom stereocenters. The van der Waals surface area contributed by atoms with Crippen molar-refractivity contribution in [3.63, 3.8) is 0 Å². The first-order valence-corrected chi connectivity index (χ1v) is 22.4. The number of methoxy groups -OCH3 is 3. The first-order valence-electron chi connectivity index (χ1n) is 22.4. The van der Waals surface area contributed by atoms with Crippen molar-refractivity contribution in [2.24, 2.45) is 0 Å². The van der Waals surface area contributed by atoms with Gasteiger partial charge in [0.2, 0.25) is 0 Å². The normalized spacial score (nSPS) is 24.8. The molecule has 15 nitrogen and oxygen atoms in total. The Kier molecular flexibility index (Phi) is 30.3. The lowest BCUT2D eigenvalue weighted by Gasteiger charge is -2.51. The predicted molar refractivity (Wildman–Crippen MR) is 265 cm³/mol. The monoisotopic (exact) mass is 943 g/mol. The summed E-state index contributed by atoms with van der Waals surface area (Å²) in [6, 6.07) is 0. The van der Waals surface area contributed by atoms with Gasteiger partial charge >= 0.3 is 5.97 Å². The number of carbonyl (C=O) groups is 1. The molecule has 0 aromatic heterocycles. The van der Waals surface area contributed by atoms with Gasteiger partial charge in [-0.05, 0) is 156 Å². The molecule has 15 heteroatoms. The highest BCUT2D eigenvalue weighted by atomic mass is 16.6. The van der Waals surface area contributed by atoms with Crippen LogP contribution in [0.15, 0.2) is 0 Å². The number of ether oxygens (including phenoxy) is 6. The largest absolute Gasteiger partial charge is 0.462 e. The molecule has 0 aromatic rings.